The van der Waals surface area contributed by atoms with E-state index in [9.17, 15) is 26.4 Å². The van der Waals surface area contributed by atoms with E-state index in [2.05, 4.69) is 5.32 Å². The molecule has 2 aromatic rings. The molecule has 0 bridgehead atoms. The molecule has 202 valence electrons. The minimum Gasteiger partial charge on any atom is -0.488 e. The molecule has 0 aliphatic carbocycles. The Morgan fingerprint density at radius 1 is 1.22 bits per heavy atom. The van der Waals surface area contributed by atoms with Gasteiger partial charge in [0.2, 0.25) is 0 Å². The van der Waals surface area contributed by atoms with Crippen molar-refractivity contribution in [3.8, 4) is 5.75 Å². The summed E-state index contributed by atoms with van der Waals surface area (Å²) in [5.41, 5.74) is 0.497. The third kappa shape index (κ3) is 6.72. The van der Waals surface area contributed by atoms with Crippen LogP contribution in [0.5, 0.6) is 5.75 Å². The lowest BCUT2D eigenvalue weighted by atomic mass is 9.96. The molecule has 2 N–H and O–H groups in total. The standard InChI is InChI=1S/C21H20Cl2N2O6S.CH4O3S/c1-11(2)14-6-12(31-13-8-24-9-13)7-17-18(14)20(26)25(32(17,28)29)10-30-21(27)19-15(22)4-3-5-16(19)23;1-5(2,3)4/h3-7,11,13,24H,8-10H2,1-2H3;1H3,(H,2,3,4). The Morgan fingerprint density at radius 3 is 2.27 bits per heavy atom. The van der Waals surface area contributed by atoms with Crippen LogP contribution in [-0.4, -0.2) is 69.8 Å². The summed E-state index contributed by atoms with van der Waals surface area (Å²) in [5.74, 6) is -1.48. The molecule has 0 atom stereocenters. The molecule has 2 aromatic carbocycles. The second kappa shape index (κ2) is 11.1. The maximum absolute atomic E-state index is 13.2. The largest absolute Gasteiger partial charge is 0.488 e. The maximum atomic E-state index is 13.2. The second-order valence-corrected chi connectivity index (χ2v) is 12.6. The van der Waals surface area contributed by atoms with Crippen molar-refractivity contribution in [1.29, 1.82) is 0 Å². The number of rotatable bonds is 6. The van der Waals surface area contributed by atoms with Gasteiger partial charge >= 0.3 is 5.97 Å². The average molecular weight is 595 g/mol. The first-order valence-corrected chi connectivity index (χ1v) is 14.8. The highest BCUT2D eigenvalue weighted by Gasteiger charge is 2.44. The minimum atomic E-state index is -4.25. The van der Waals surface area contributed by atoms with Gasteiger partial charge in [-0.25, -0.2) is 13.2 Å². The molecule has 0 unspecified atom stereocenters. The van der Waals surface area contributed by atoms with Gasteiger partial charge < -0.3 is 14.8 Å². The molecule has 37 heavy (non-hydrogen) atoms. The van der Waals surface area contributed by atoms with E-state index < -0.39 is 38.7 Å². The Bertz CT molecular complexity index is 1410. The van der Waals surface area contributed by atoms with Crippen LogP contribution in [0.1, 0.15) is 46.0 Å². The molecule has 4 rings (SSSR count). The zero-order valence-corrected chi connectivity index (χ0v) is 23.0. The summed E-state index contributed by atoms with van der Waals surface area (Å²) in [4.78, 5) is 25.4. The first-order chi connectivity index (χ1) is 17.1. The van der Waals surface area contributed by atoms with Gasteiger partial charge in [-0.2, -0.15) is 12.7 Å². The molecule has 0 aromatic heterocycles. The number of esters is 1. The molecule has 0 saturated carbocycles. The number of sulfonamides is 1. The fourth-order valence-electron chi connectivity index (χ4n) is 3.47. The first-order valence-electron chi connectivity index (χ1n) is 10.8. The highest BCUT2D eigenvalue weighted by molar-refractivity contribution is 7.90. The Hall–Kier alpha value is -2.42. The van der Waals surface area contributed by atoms with Crippen molar-refractivity contribution in [2.75, 3.05) is 26.1 Å². The van der Waals surface area contributed by atoms with E-state index in [1.807, 2.05) is 13.8 Å². The number of carbonyl (C=O) groups is 2. The number of benzene rings is 2. The van der Waals surface area contributed by atoms with Crippen LogP contribution >= 0.6 is 23.2 Å². The lowest BCUT2D eigenvalue weighted by Gasteiger charge is -2.28. The molecule has 15 heteroatoms. The normalized spacial score (nSPS) is 16.5. The molecule has 1 amide bonds. The third-order valence-corrected chi connectivity index (χ3v) is 7.62. The summed E-state index contributed by atoms with van der Waals surface area (Å²) in [6, 6.07) is 7.49. The number of nitrogens with zero attached hydrogens (tertiary/aromatic N) is 1. The van der Waals surface area contributed by atoms with Gasteiger partial charge in [-0.1, -0.05) is 43.1 Å². The van der Waals surface area contributed by atoms with Crippen molar-refractivity contribution in [2.24, 2.45) is 0 Å². The predicted octanol–water partition coefficient (Wildman–Crippen LogP) is 2.93. The molecule has 1 saturated heterocycles. The van der Waals surface area contributed by atoms with Gasteiger partial charge in [0.1, 0.15) is 16.7 Å². The highest BCUT2D eigenvalue weighted by atomic mass is 35.5. The number of carbonyl (C=O) groups excluding carboxylic acids is 2. The number of hydrogen-bond donors (Lipinski definition) is 2. The van der Waals surface area contributed by atoms with Gasteiger partial charge in [-0.3, -0.25) is 9.35 Å². The van der Waals surface area contributed by atoms with Gasteiger partial charge in [-0.15, -0.1) is 0 Å². The lowest BCUT2D eigenvalue weighted by molar-refractivity contribution is 0.0358. The Balaban J connectivity index is 0.000000695. The quantitative estimate of drug-likeness (QED) is 0.376. The van der Waals surface area contributed by atoms with Crippen molar-refractivity contribution in [3.05, 3.63) is 57.1 Å². The predicted molar refractivity (Wildman–Crippen MR) is 135 cm³/mol. The SMILES string of the molecule is CC(C)c1cc(OC2CNC2)cc2c1C(=O)N(COC(=O)c1c(Cl)cccc1Cl)S2(=O)=O.CS(=O)(=O)O. The van der Waals surface area contributed by atoms with Crippen molar-refractivity contribution in [1.82, 2.24) is 9.62 Å². The van der Waals surface area contributed by atoms with Crippen LogP contribution in [0.25, 0.3) is 0 Å². The molecule has 2 aliphatic heterocycles. The van der Waals surface area contributed by atoms with Crippen LogP contribution in [-0.2, 0) is 24.9 Å². The summed E-state index contributed by atoms with van der Waals surface area (Å²) < 4.78 is 63.7. The Labute approximate surface area is 224 Å². The molecule has 1 fully saturated rings. The Kier molecular flexibility index (Phi) is 8.77. The van der Waals surface area contributed by atoms with Gasteiger partial charge in [0.15, 0.2) is 6.73 Å². The number of fused-ring (bicyclic) bond motifs is 1. The van der Waals surface area contributed by atoms with Crippen LogP contribution < -0.4 is 10.1 Å². The summed E-state index contributed by atoms with van der Waals surface area (Å²) in [6.07, 6.45) is 0.651. The number of hydrogen-bond acceptors (Lipinski definition) is 9. The monoisotopic (exact) mass is 594 g/mol. The fraction of sp³-hybridized carbons (Fsp3) is 0.364. The molecule has 11 nitrogen and oxygen atoms in total. The smallest absolute Gasteiger partial charge is 0.342 e. The number of ether oxygens (including phenoxy) is 2. The average Bonchev–Trinajstić information content (AvgIpc) is 2.92. The second-order valence-electron chi connectivity index (χ2n) is 8.49. The van der Waals surface area contributed by atoms with Crippen molar-refractivity contribution < 1.29 is 40.5 Å². The van der Waals surface area contributed by atoms with Gasteiger partial charge in [0.05, 0.1) is 27.4 Å². The van der Waals surface area contributed by atoms with E-state index in [0.29, 0.717) is 35.0 Å². The van der Waals surface area contributed by atoms with Crippen LogP contribution in [0.4, 0.5) is 0 Å². The molecule has 0 radical (unpaired) electrons. The topological polar surface area (TPSA) is 156 Å². The highest BCUT2D eigenvalue weighted by Crippen LogP contribution is 2.39. The van der Waals surface area contributed by atoms with Gasteiger partial charge in [0, 0.05) is 19.2 Å². The van der Waals surface area contributed by atoms with E-state index in [1.165, 1.54) is 18.2 Å². The maximum Gasteiger partial charge on any atom is 0.342 e. The summed E-state index contributed by atoms with van der Waals surface area (Å²) >= 11 is 12.0. The van der Waals surface area contributed by atoms with Crippen molar-refractivity contribution in [3.63, 3.8) is 0 Å². The third-order valence-electron chi connectivity index (χ3n) is 5.26. The Morgan fingerprint density at radius 2 is 1.78 bits per heavy atom. The van der Waals surface area contributed by atoms with E-state index in [-0.39, 0.29) is 38.1 Å². The zero-order chi connectivity index (χ0) is 27.7. The van der Waals surface area contributed by atoms with E-state index in [4.69, 9.17) is 37.2 Å². The van der Waals surface area contributed by atoms with E-state index in [0.717, 1.165) is 0 Å². The number of halogens is 2. The first kappa shape index (κ1) is 29.1. The van der Waals surface area contributed by atoms with Gasteiger partial charge in [0.25, 0.3) is 26.0 Å². The van der Waals surface area contributed by atoms with E-state index in [1.54, 1.807) is 12.1 Å². The van der Waals surface area contributed by atoms with Crippen LogP contribution in [0.3, 0.4) is 0 Å². The van der Waals surface area contributed by atoms with Crippen LogP contribution in [0, 0.1) is 0 Å². The summed E-state index contributed by atoms with van der Waals surface area (Å²) in [7, 11) is -7.92. The van der Waals surface area contributed by atoms with Gasteiger partial charge in [-0.05, 0) is 29.7 Å². The number of amides is 1. The molecule has 0 spiro atoms. The van der Waals surface area contributed by atoms with Crippen LogP contribution in [0.15, 0.2) is 35.2 Å². The lowest BCUT2D eigenvalue weighted by Crippen LogP contribution is -2.50. The summed E-state index contributed by atoms with van der Waals surface area (Å²) in [5, 5.41) is 3.18. The molecular formula is C22H24Cl2N2O9S2. The zero-order valence-electron chi connectivity index (χ0n) is 19.9. The van der Waals surface area contributed by atoms with Crippen LogP contribution in [0.2, 0.25) is 10.0 Å². The summed E-state index contributed by atoms with van der Waals surface area (Å²) in [6.45, 7) is 4.22. The molecular weight excluding hydrogens is 571 g/mol. The minimum absolute atomic E-state index is 0.0516. The van der Waals surface area contributed by atoms with Crippen molar-refractivity contribution >= 4 is 55.2 Å². The fourth-order valence-corrected chi connectivity index (χ4v) is 5.49. The van der Waals surface area contributed by atoms with E-state index >= 15 is 0 Å². The number of nitrogens with one attached hydrogen (secondary N) is 1. The molecule has 2 aliphatic rings. The van der Waals surface area contributed by atoms with Crippen molar-refractivity contribution in [2.45, 2.75) is 30.8 Å². The molecule has 2 heterocycles.